The van der Waals surface area contributed by atoms with Crippen molar-refractivity contribution in [2.75, 3.05) is 0 Å². The van der Waals surface area contributed by atoms with Crippen LogP contribution >= 0.6 is 11.6 Å². The van der Waals surface area contributed by atoms with Crippen molar-refractivity contribution in [1.29, 1.82) is 0 Å². The second-order valence-corrected chi connectivity index (χ2v) is 4.75. The molecule has 0 aliphatic carbocycles. The first-order valence-corrected chi connectivity index (χ1v) is 6.45. The zero-order valence-corrected chi connectivity index (χ0v) is 11.9. The maximum absolute atomic E-state index is 12.3. The van der Waals surface area contributed by atoms with Gasteiger partial charge in [0.1, 0.15) is 23.4 Å². The van der Waals surface area contributed by atoms with Crippen LogP contribution in [-0.2, 0) is 0 Å². The minimum atomic E-state index is -4.76. The van der Waals surface area contributed by atoms with Crippen LogP contribution < -0.4 is 4.74 Å². The molecular weight excluding hydrogens is 321 g/mol. The second kappa shape index (κ2) is 5.13. The number of imidazole rings is 1. The zero-order valence-electron chi connectivity index (χ0n) is 11.1. The molecule has 0 spiro atoms. The Morgan fingerprint density at radius 1 is 1.23 bits per heavy atom. The van der Waals surface area contributed by atoms with Crippen LogP contribution in [-0.4, -0.2) is 25.9 Å². The third-order valence-corrected chi connectivity index (χ3v) is 3.06. The molecule has 0 saturated heterocycles. The van der Waals surface area contributed by atoms with Crippen molar-refractivity contribution in [3.63, 3.8) is 0 Å². The molecule has 0 radical (unpaired) electrons. The molecule has 0 aliphatic heterocycles. The highest BCUT2D eigenvalue weighted by Gasteiger charge is 2.31. The lowest BCUT2D eigenvalue weighted by molar-refractivity contribution is -0.274. The molecule has 114 valence electrons. The third-order valence-electron chi connectivity index (χ3n) is 2.80. The van der Waals surface area contributed by atoms with Gasteiger partial charge >= 0.3 is 6.36 Å². The van der Waals surface area contributed by atoms with E-state index in [4.69, 9.17) is 11.6 Å². The number of nitrogens with zero attached hydrogens (tertiary/aromatic N) is 4. The maximum Gasteiger partial charge on any atom is 0.573 e. The zero-order chi connectivity index (χ0) is 15.9. The Morgan fingerprint density at radius 3 is 2.73 bits per heavy atom. The van der Waals surface area contributed by atoms with Crippen molar-refractivity contribution in [2.45, 2.75) is 13.3 Å². The molecule has 3 aromatic rings. The second-order valence-electron chi connectivity index (χ2n) is 4.39. The predicted octanol–water partition coefficient (Wildman–Crippen LogP) is 3.68. The molecule has 5 nitrogen and oxygen atoms in total. The summed E-state index contributed by atoms with van der Waals surface area (Å²) in [6.07, 6.45) is -3.34. The molecule has 0 unspecified atom stereocenters. The number of benzene rings is 1. The summed E-state index contributed by atoms with van der Waals surface area (Å²) in [4.78, 5) is 12.2. The number of ether oxygens (including phenoxy) is 1. The fourth-order valence-electron chi connectivity index (χ4n) is 2.01. The van der Waals surface area contributed by atoms with E-state index in [2.05, 4.69) is 19.7 Å². The molecular formula is C13H8ClF3N4O. The van der Waals surface area contributed by atoms with E-state index in [1.807, 2.05) is 0 Å². The summed E-state index contributed by atoms with van der Waals surface area (Å²) in [5.41, 5.74) is 1.18. The van der Waals surface area contributed by atoms with Gasteiger partial charge in [-0.05, 0) is 19.1 Å². The lowest BCUT2D eigenvalue weighted by Gasteiger charge is -2.11. The summed E-state index contributed by atoms with van der Waals surface area (Å²) >= 11 is 6.08. The highest BCUT2D eigenvalue weighted by molar-refractivity contribution is 6.33. The van der Waals surface area contributed by atoms with Crippen LogP contribution in [0.5, 0.6) is 5.75 Å². The quantitative estimate of drug-likeness (QED) is 0.673. The lowest BCUT2D eigenvalue weighted by atomic mass is 10.3. The van der Waals surface area contributed by atoms with Crippen LogP contribution in [0.4, 0.5) is 13.2 Å². The highest BCUT2D eigenvalue weighted by atomic mass is 35.5. The van der Waals surface area contributed by atoms with Gasteiger partial charge in [0.2, 0.25) is 0 Å². The van der Waals surface area contributed by atoms with Gasteiger partial charge in [0.25, 0.3) is 0 Å². The van der Waals surface area contributed by atoms with Crippen LogP contribution in [0.3, 0.4) is 0 Å². The number of fused-ring (bicyclic) bond motifs is 1. The molecule has 0 amide bonds. The summed E-state index contributed by atoms with van der Waals surface area (Å²) in [5, 5.41) is 0.169. The monoisotopic (exact) mass is 328 g/mol. The molecule has 2 aromatic heterocycles. The molecule has 1 aromatic carbocycles. The van der Waals surface area contributed by atoms with Gasteiger partial charge in [-0.25, -0.2) is 15.0 Å². The molecule has 9 heteroatoms. The Hall–Kier alpha value is -2.35. The van der Waals surface area contributed by atoms with Crippen molar-refractivity contribution in [1.82, 2.24) is 19.5 Å². The van der Waals surface area contributed by atoms with Crippen molar-refractivity contribution in [3.05, 3.63) is 41.6 Å². The van der Waals surface area contributed by atoms with Crippen LogP contribution in [0.2, 0.25) is 5.15 Å². The number of alkyl halides is 3. The maximum atomic E-state index is 12.3. The van der Waals surface area contributed by atoms with Crippen molar-refractivity contribution >= 4 is 22.8 Å². The van der Waals surface area contributed by atoms with E-state index in [9.17, 15) is 13.2 Å². The Labute approximate surface area is 127 Å². The standard InChI is InChI=1S/C13H8ClF3N4O/c1-7-19-11(14)10-12(20-7)18-6-21(10)8-3-2-4-9(5-8)22-13(15,16)17/h2-6H,1H3. The topological polar surface area (TPSA) is 52.8 Å². The molecule has 0 fully saturated rings. The van der Waals surface area contributed by atoms with Gasteiger partial charge in [-0.2, -0.15) is 0 Å². The summed E-state index contributed by atoms with van der Waals surface area (Å²) in [7, 11) is 0. The van der Waals surface area contributed by atoms with E-state index in [1.54, 1.807) is 13.0 Å². The van der Waals surface area contributed by atoms with Crippen LogP contribution in [0.25, 0.3) is 16.9 Å². The number of aromatic nitrogens is 4. The van der Waals surface area contributed by atoms with Crippen molar-refractivity contribution in [2.24, 2.45) is 0 Å². The van der Waals surface area contributed by atoms with E-state index in [1.165, 1.54) is 29.1 Å². The smallest absolute Gasteiger partial charge is 0.406 e. The highest BCUT2D eigenvalue weighted by Crippen LogP contribution is 2.27. The number of hydrogen-bond donors (Lipinski definition) is 0. The first kappa shape index (κ1) is 14.6. The Kier molecular flexibility index (Phi) is 3.40. The Bertz CT molecular complexity index is 847. The number of halogens is 4. The summed E-state index contributed by atoms with van der Waals surface area (Å²) < 4.78 is 42.3. The molecule has 0 bridgehead atoms. The number of aryl methyl sites for hydroxylation is 1. The molecule has 0 aliphatic rings. The molecule has 22 heavy (non-hydrogen) atoms. The van der Waals surface area contributed by atoms with Gasteiger partial charge in [0.05, 0.1) is 5.69 Å². The van der Waals surface area contributed by atoms with E-state index >= 15 is 0 Å². The Balaban J connectivity index is 2.10. The van der Waals surface area contributed by atoms with Crippen LogP contribution in [0.15, 0.2) is 30.6 Å². The Morgan fingerprint density at radius 2 is 2.00 bits per heavy atom. The van der Waals surface area contributed by atoms with Gasteiger partial charge < -0.3 is 4.74 Å². The van der Waals surface area contributed by atoms with Gasteiger partial charge in [-0.15, -0.1) is 13.2 Å². The molecule has 0 saturated carbocycles. The van der Waals surface area contributed by atoms with E-state index < -0.39 is 6.36 Å². The SMILES string of the molecule is Cc1nc(Cl)c2c(ncn2-c2cccc(OC(F)(F)F)c2)n1. The van der Waals surface area contributed by atoms with Crippen LogP contribution in [0.1, 0.15) is 5.82 Å². The number of hydrogen-bond acceptors (Lipinski definition) is 4. The number of rotatable bonds is 2. The van der Waals surface area contributed by atoms with Gasteiger partial charge in [0, 0.05) is 6.07 Å². The first-order valence-electron chi connectivity index (χ1n) is 6.07. The van der Waals surface area contributed by atoms with Gasteiger partial charge in [-0.3, -0.25) is 4.57 Å². The summed E-state index contributed by atoms with van der Waals surface area (Å²) in [5.74, 6) is 0.118. The fraction of sp³-hybridized carbons (Fsp3) is 0.154. The minimum Gasteiger partial charge on any atom is -0.406 e. The van der Waals surface area contributed by atoms with Crippen molar-refractivity contribution in [3.8, 4) is 11.4 Å². The van der Waals surface area contributed by atoms with Gasteiger partial charge in [0.15, 0.2) is 10.8 Å². The molecule has 0 N–H and O–H groups in total. The van der Waals surface area contributed by atoms with E-state index in [0.717, 1.165) is 0 Å². The van der Waals surface area contributed by atoms with Crippen molar-refractivity contribution < 1.29 is 17.9 Å². The predicted molar refractivity (Wildman–Crippen MR) is 73.1 cm³/mol. The molecule has 3 rings (SSSR count). The normalized spacial score (nSPS) is 11.9. The summed E-state index contributed by atoms with van der Waals surface area (Å²) in [6, 6.07) is 5.47. The lowest BCUT2D eigenvalue weighted by Crippen LogP contribution is -2.17. The minimum absolute atomic E-state index is 0.169. The third kappa shape index (κ3) is 2.82. The first-order chi connectivity index (χ1) is 10.3. The average molecular weight is 329 g/mol. The molecule has 0 atom stereocenters. The largest absolute Gasteiger partial charge is 0.573 e. The van der Waals surface area contributed by atoms with E-state index in [-0.39, 0.29) is 10.9 Å². The van der Waals surface area contributed by atoms with Crippen LogP contribution in [0, 0.1) is 6.92 Å². The van der Waals surface area contributed by atoms with E-state index in [0.29, 0.717) is 22.7 Å². The molecule has 2 heterocycles. The summed E-state index contributed by atoms with van der Waals surface area (Å²) in [6.45, 7) is 1.67. The average Bonchev–Trinajstić information content (AvgIpc) is 2.80. The fourth-order valence-corrected chi connectivity index (χ4v) is 2.31. The van der Waals surface area contributed by atoms with Gasteiger partial charge in [-0.1, -0.05) is 17.7 Å².